The molecule has 0 saturated carbocycles. The van der Waals surface area contributed by atoms with Crippen LogP contribution in [0, 0.1) is 0 Å². The number of rotatable bonds is 7. The van der Waals surface area contributed by atoms with Gasteiger partial charge in [-0.2, -0.15) is 4.31 Å². The van der Waals surface area contributed by atoms with Crippen LogP contribution in [-0.4, -0.2) is 37.8 Å². The molecule has 2 rings (SSSR count). The molecule has 0 bridgehead atoms. The minimum absolute atomic E-state index is 0.378. The van der Waals surface area contributed by atoms with Gasteiger partial charge in [-0.15, -0.1) is 11.3 Å². The van der Waals surface area contributed by atoms with Crippen LogP contribution in [0.15, 0.2) is 40.9 Å². The number of nitrogens with zero attached hydrogens (tertiary/aromatic N) is 2. The fourth-order valence-corrected chi connectivity index (χ4v) is 4.64. The molecule has 2 N–H and O–H groups in total. The van der Waals surface area contributed by atoms with Crippen LogP contribution < -0.4 is 5.73 Å². The van der Waals surface area contributed by atoms with Crippen molar-refractivity contribution in [2.24, 2.45) is 5.73 Å². The van der Waals surface area contributed by atoms with Crippen LogP contribution in [0.25, 0.3) is 0 Å². The zero-order valence-corrected chi connectivity index (χ0v) is 13.5. The Morgan fingerprint density at radius 3 is 2.57 bits per heavy atom. The fraction of sp³-hybridized carbons (Fsp3) is 0.357. The molecule has 2 aromatic heterocycles. The largest absolute Gasteiger partial charge is 0.330 e. The van der Waals surface area contributed by atoms with E-state index in [1.165, 1.54) is 15.6 Å². The first-order valence-electron chi connectivity index (χ1n) is 6.68. The highest BCUT2D eigenvalue weighted by atomic mass is 32.2. The number of likely N-dealkylation sites (N-methyl/N-ethyl adjacent to an activating group) is 1. The third-order valence-electron chi connectivity index (χ3n) is 3.16. The summed E-state index contributed by atoms with van der Waals surface area (Å²) in [6.45, 7) is 0.967. The van der Waals surface area contributed by atoms with E-state index in [4.69, 9.17) is 5.73 Å². The molecule has 0 aliphatic carbocycles. The quantitative estimate of drug-likeness (QED) is 0.837. The molecule has 2 heterocycles. The molecule has 0 saturated heterocycles. The van der Waals surface area contributed by atoms with E-state index in [2.05, 4.69) is 4.98 Å². The number of sulfonamides is 1. The number of nitrogens with two attached hydrogens (primary N) is 1. The SMILES string of the molecule is CN(CCc1ccncc1)S(=O)(=O)c1ccc(CCN)s1. The lowest BCUT2D eigenvalue weighted by Gasteiger charge is -2.15. The summed E-state index contributed by atoms with van der Waals surface area (Å²) in [6, 6.07) is 7.28. The minimum atomic E-state index is -3.41. The smallest absolute Gasteiger partial charge is 0.252 e. The van der Waals surface area contributed by atoms with Gasteiger partial charge >= 0.3 is 0 Å². The van der Waals surface area contributed by atoms with Crippen molar-refractivity contribution in [3.8, 4) is 0 Å². The number of pyridine rings is 1. The number of hydrogen-bond acceptors (Lipinski definition) is 5. The molecule has 7 heteroatoms. The van der Waals surface area contributed by atoms with Gasteiger partial charge in [-0.1, -0.05) is 0 Å². The highest BCUT2D eigenvalue weighted by Crippen LogP contribution is 2.24. The van der Waals surface area contributed by atoms with Crippen molar-refractivity contribution in [3.05, 3.63) is 47.1 Å². The fourth-order valence-electron chi connectivity index (χ4n) is 1.88. The summed E-state index contributed by atoms with van der Waals surface area (Å²) in [5, 5.41) is 0. The number of hydrogen-bond donors (Lipinski definition) is 1. The van der Waals surface area contributed by atoms with Crippen LogP contribution in [0.1, 0.15) is 10.4 Å². The number of aromatic nitrogens is 1. The van der Waals surface area contributed by atoms with Gasteiger partial charge in [-0.05, 0) is 49.2 Å². The van der Waals surface area contributed by atoms with E-state index in [9.17, 15) is 8.42 Å². The molecule has 21 heavy (non-hydrogen) atoms. The Balaban J connectivity index is 2.04. The molecular formula is C14H19N3O2S2. The standard InChI is InChI=1S/C14H19N3O2S2/c1-17(11-7-12-5-9-16-10-6-12)21(18,19)14-3-2-13(20-14)4-8-15/h2-3,5-6,9-10H,4,7-8,11,15H2,1H3. The van der Waals surface area contributed by atoms with E-state index in [1.807, 2.05) is 18.2 Å². The van der Waals surface area contributed by atoms with Gasteiger partial charge in [-0.25, -0.2) is 8.42 Å². The van der Waals surface area contributed by atoms with Crippen LogP contribution in [-0.2, 0) is 22.9 Å². The molecule has 0 amide bonds. The van der Waals surface area contributed by atoms with Gasteiger partial charge in [0.25, 0.3) is 10.0 Å². The summed E-state index contributed by atoms with van der Waals surface area (Å²) >= 11 is 1.29. The van der Waals surface area contributed by atoms with Crippen molar-refractivity contribution in [2.75, 3.05) is 20.1 Å². The predicted octanol–water partition coefficient (Wildman–Crippen LogP) is 1.51. The van der Waals surface area contributed by atoms with Gasteiger partial charge < -0.3 is 5.73 Å². The molecule has 0 atom stereocenters. The molecule has 114 valence electrons. The zero-order chi connectivity index (χ0) is 15.3. The maximum atomic E-state index is 12.5. The normalized spacial score (nSPS) is 12.0. The van der Waals surface area contributed by atoms with Crippen molar-refractivity contribution in [1.82, 2.24) is 9.29 Å². The second-order valence-corrected chi connectivity index (χ2v) is 8.13. The molecule has 0 aromatic carbocycles. The maximum Gasteiger partial charge on any atom is 0.252 e. The monoisotopic (exact) mass is 325 g/mol. The third-order valence-corrected chi connectivity index (χ3v) is 6.63. The summed E-state index contributed by atoms with van der Waals surface area (Å²) in [4.78, 5) is 4.95. The lowest BCUT2D eigenvalue weighted by molar-refractivity contribution is 0.474. The second kappa shape index (κ2) is 7.13. The topological polar surface area (TPSA) is 76.3 Å². The zero-order valence-electron chi connectivity index (χ0n) is 11.9. The summed E-state index contributed by atoms with van der Waals surface area (Å²) in [7, 11) is -1.80. The van der Waals surface area contributed by atoms with Gasteiger partial charge in [0, 0.05) is 30.9 Å². The van der Waals surface area contributed by atoms with Gasteiger partial charge in [-0.3, -0.25) is 4.98 Å². The van der Waals surface area contributed by atoms with E-state index >= 15 is 0 Å². The Morgan fingerprint density at radius 2 is 1.90 bits per heavy atom. The Hall–Kier alpha value is -1.28. The Kier molecular flexibility index (Phi) is 5.46. The number of thiophene rings is 1. The minimum Gasteiger partial charge on any atom is -0.330 e. The Labute approximate surface area is 129 Å². The third kappa shape index (κ3) is 4.10. The van der Waals surface area contributed by atoms with Crippen molar-refractivity contribution < 1.29 is 8.42 Å². The Bertz CT molecular complexity index is 669. The van der Waals surface area contributed by atoms with Crippen LogP contribution in [0.5, 0.6) is 0 Å². The molecule has 0 radical (unpaired) electrons. The highest BCUT2D eigenvalue weighted by Gasteiger charge is 2.22. The van der Waals surface area contributed by atoms with Crippen molar-refractivity contribution in [2.45, 2.75) is 17.1 Å². The van der Waals surface area contributed by atoms with Gasteiger partial charge in [0.05, 0.1) is 0 Å². The van der Waals surface area contributed by atoms with Crippen LogP contribution in [0.4, 0.5) is 0 Å². The average Bonchev–Trinajstić information content (AvgIpc) is 2.95. The first-order chi connectivity index (χ1) is 10.0. The van der Waals surface area contributed by atoms with Crippen LogP contribution in [0.3, 0.4) is 0 Å². The van der Waals surface area contributed by atoms with Gasteiger partial charge in [0.15, 0.2) is 0 Å². The van der Waals surface area contributed by atoms with E-state index in [0.29, 0.717) is 30.1 Å². The van der Waals surface area contributed by atoms with Crippen molar-refractivity contribution in [3.63, 3.8) is 0 Å². The average molecular weight is 325 g/mol. The van der Waals surface area contributed by atoms with E-state index in [-0.39, 0.29) is 0 Å². The summed E-state index contributed by atoms with van der Waals surface area (Å²) in [5.41, 5.74) is 6.56. The predicted molar refractivity (Wildman–Crippen MR) is 84.8 cm³/mol. The van der Waals surface area contributed by atoms with E-state index in [1.54, 1.807) is 25.5 Å². The van der Waals surface area contributed by atoms with Gasteiger partial charge in [0.1, 0.15) is 4.21 Å². The molecule has 0 aliphatic rings. The molecule has 2 aromatic rings. The summed E-state index contributed by atoms with van der Waals surface area (Å²) < 4.78 is 26.7. The molecule has 0 fully saturated rings. The molecular weight excluding hydrogens is 306 g/mol. The molecule has 5 nitrogen and oxygen atoms in total. The van der Waals surface area contributed by atoms with E-state index < -0.39 is 10.0 Å². The van der Waals surface area contributed by atoms with Crippen molar-refractivity contribution in [1.29, 1.82) is 0 Å². The van der Waals surface area contributed by atoms with Crippen molar-refractivity contribution >= 4 is 21.4 Å². The van der Waals surface area contributed by atoms with Crippen LogP contribution in [0.2, 0.25) is 0 Å². The molecule has 0 unspecified atom stereocenters. The first-order valence-corrected chi connectivity index (χ1v) is 8.93. The lowest BCUT2D eigenvalue weighted by Crippen LogP contribution is -2.28. The molecule has 0 aliphatic heterocycles. The lowest BCUT2D eigenvalue weighted by atomic mass is 10.2. The second-order valence-electron chi connectivity index (χ2n) is 4.69. The Morgan fingerprint density at radius 1 is 1.19 bits per heavy atom. The maximum absolute atomic E-state index is 12.5. The summed E-state index contributed by atoms with van der Waals surface area (Å²) in [6.07, 6.45) is 4.80. The van der Waals surface area contributed by atoms with Gasteiger partial charge in [0.2, 0.25) is 0 Å². The summed E-state index contributed by atoms with van der Waals surface area (Å²) in [5.74, 6) is 0. The first kappa shape index (κ1) is 16.1. The highest BCUT2D eigenvalue weighted by molar-refractivity contribution is 7.91. The molecule has 0 spiro atoms. The van der Waals surface area contributed by atoms with E-state index in [0.717, 1.165) is 10.4 Å². The van der Waals surface area contributed by atoms with Crippen LogP contribution >= 0.6 is 11.3 Å².